The van der Waals surface area contributed by atoms with E-state index in [0.29, 0.717) is 0 Å². The number of hydrogen-bond donors (Lipinski definition) is 0. The van der Waals surface area contributed by atoms with Crippen LogP contribution in [-0.4, -0.2) is 6.69 Å². The van der Waals surface area contributed by atoms with Crippen LogP contribution in [0.4, 0.5) is 0 Å². The molecule has 3 heteroatoms. The first-order chi connectivity index (χ1) is 6.31. The van der Waals surface area contributed by atoms with E-state index in [9.17, 15) is 0 Å². The molecule has 0 unspecified atom stereocenters. The molecule has 0 bridgehead atoms. The van der Waals surface area contributed by atoms with Crippen molar-refractivity contribution < 1.29 is 0 Å². The monoisotopic (exact) mass is 254 g/mol. The molecule has 0 aliphatic heterocycles. The van der Waals surface area contributed by atoms with Crippen molar-refractivity contribution in [2.24, 2.45) is 11.8 Å². The molecule has 0 amide bonds. The minimum absolute atomic E-state index is 0.790. The zero-order chi connectivity index (χ0) is 11.2. The molecule has 0 saturated carbocycles. The molecule has 1 atom stereocenters. The fourth-order valence-corrected chi connectivity index (χ4v) is 3.17. The van der Waals surface area contributed by atoms with E-state index in [1.165, 1.54) is 25.7 Å². The van der Waals surface area contributed by atoms with Crippen molar-refractivity contribution in [3.05, 3.63) is 0 Å². The zero-order valence-corrected chi connectivity index (χ0v) is 12.5. The fraction of sp³-hybridized carbons (Fsp3) is 1.00. The van der Waals surface area contributed by atoms with E-state index in [4.69, 9.17) is 22.2 Å². The van der Waals surface area contributed by atoms with Gasteiger partial charge in [-0.3, -0.25) is 0 Å². The molecule has 0 nitrogen and oxygen atoms in total. The summed E-state index contributed by atoms with van der Waals surface area (Å²) >= 11 is 12.1. The first kappa shape index (κ1) is 14.8. The quantitative estimate of drug-likeness (QED) is 0.422. The van der Waals surface area contributed by atoms with Crippen molar-refractivity contribution in [1.29, 1.82) is 0 Å². The summed E-state index contributed by atoms with van der Waals surface area (Å²) in [7, 11) is 0. The highest BCUT2D eigenvalue weighted by Gasteiger charge is 2.21. The smallest absolute Gasteiger partial charge is 0.146 e. The lowest BCUT2D eigenvalue weighted by Gasteiger charge is -2.15. The van der Waals surface area contributed by atoms with Crippen LogP contribution >= 0.6 is 22.2 Å². The normalized spacial score (nSPS) is 14.8. The first-order valence-corrected chi connectivity index (χ1v) is 10.4. The van der Waals surface area contributed by atoms with Gasteiger partial charge < -0.3 is 0 Å². The average Bonchev–Trinajstić information content (AvgIpc) is 1.99. The highest BCUT2D eigenvalue weighted by Crippen LogP contribution is 2.26. The molecule has 0 rings (SSSR count). The van der Waals surface area contributed by atoms with Crippen LogP contribution in [0.15, 0.2) is 0 Å². The van der Waals surface area contributed by atoms with E-state index in [-0.39, 0.29) is 0 Å². The van der Waals surface area contributed by atoms with Gasteiger partial charge in [-0.15, -0.1) is 22.2 Å². The lowest BCUT2D eigenvalue weighted by molar-refractivity contribution is 0.448. The zero-order valence-electron chi connectivity index (χ0n) is 9.95. The van der Waals surface area contributed by atoms with Gasteiger partial charge in [0.2, 0.25) is 6.69 Å². The van der Waals surface area contributed by atoms with Crippen LogP contribution < -0.4 is 0 Å². The molecule has 14 heavy (non-hydrogen) atoms. The number of hydrogen-bond acceptors (Lipinski definition) is 0. The summed E-state index contributed by atoms with van der Waals surface area (Å²) < 4.78 is 0. The maximum atomic E-state index is 6.07. The summed E-state index contributed by atoms with van der Waals surface area (Å²) in [5, 5.41) is 0. The van der Waals surface area contributed by atoms with Crippen LogP contribution in [0, 0.1) is 11.8 Å². The fourth-order valence-electron chi connectivity index (χ4n) is 1.52. The van der Waals surface area contributed by atoms with E-state index in [0.717, 1.165) is 17.9 Å². The molecule has 86 valence electrons. The van der Waals surface area contributed by atoms with Gasteiger partial charge in [-0.2, -0.15) is 0 Å². The van der Waals surface area contributed by atoms with Gasteiger partial charge in [-0.1, -0.05) is 46.5 Å². The minimum atomic E-state index is -1.84. The Balaban J connectivity index is 3.42. The van der Waals surface area contributed by atoms with Gasteiger partial charge >= 0.3 is 0 Å². The summed E-state index contributed by atoms with van der Waals surface area (Å²) in [6.07, 6.45) is 5.23. The van der Waals surface area contributed by atoms with Crippen LogP contribution in [0.3, 0.4) is 0 Å². The lowest BCUT2D eigenvalue weighted by atomic mass is 9.98. The third-order valence-electron chi connectivity index (χ3n) is 2.55. The van der Waals surface area contributed by atoms with Gasteiger partial charge in [0.25, 0.3) is 0 Å². The highest BCUT2D eigenvalue weighted by molar-refractivity contribution is 7.44. The van der Waals surface area contributed by atoms with Crippen molar-refractivity contribution in [2.45, 2.75) is 59.0 Å². The third kappa shape index (κ3) is 10.9. The second-order valence-electron chi connectivity index (χ2n) is 5.04. The Morgan fingerprint density at radius 1 is 1.00 bits per heavy atom. The Kier molecular flexibility index (Phi) is 7.54. The predicted octanol–water partition coefficient (Wildman–Crippen LogP) is 5.39. The predicted molar refractivity (Wildman–Crippen MR) is 70.6 cm³/mol. The van der Waals surface area contributed by atoms with Crippen LogP contribution in [0.25, 0.3) is 0 Å². The van der Waals surface area contributed by atoms with E-state index >= 15 is 0 Å². The Morgan fingerprint density at radius 2 is 1.57 bits per heavy atom. The molecule has 0 N–H and O–H groups in total. The molecule has 0 aliphatic carbocycles. The summed E-state index contributed by atoms with van der Waals surface area (Å²) in [6, 6.07) is 1.04. The SMILES string of the molecule is CC(C)CCC[C@H](C)CC[Si](C)(Cl)Cl. The summed E-state index contributed by atoms with van der Waals surface area (Å²) in [5.41, 5.74) is 0. The van der Waals surface area contributed by atoms with Crippen molar-refractivity contribution in [2.75, 3.05) is 0 Å². The minimum Gasteiger partial charge on any atom is -0.146 e. The highest BCUT2D eigenvalue weighted by atomic mass is 35.7. The molecule has 0 aromatic carbocycles. The summed E-state index contributed by atoms with van der Waals surface area (Å²) in [6.45, 7) is 7.06. The van der Waals surface area contributed by atoms with E-state index < -0.39 is 6.69 Å². The molecule has 0 radical (unpaired) electrons. The molecule has 0 saturated heterocycles. The van der Waals surface area contributed by atoms with Crippen molar-refractivity contribution in [3.63, 3.8) is 0 Å². The second kappa shape index (κ2) is 7.13. The molecule has 0 spiro atoms. The summed E-state index contributed by atoms with van der Waals surface area (Å²) in [5.74, 6) is 1.63. The van der Waals surface area contributed by atoms with Gasteiger partial charge in [-0.05, 0) is 24.4 Å². The third-order valence-corrected chi connectivity index (χ3v) is 4.86. The van der Waals surface area contributed by atoms with Crippen LogP contribution in [0.2, 0.25) is 12.6 Å². The Hall–Kier alpha value is 0.797. The molecule has 0 aromatic heterocycles. The van der Waals surface area contributed by atoms with Crippen molar-refractivity contribution in [1.82, 2.24) is 0 Å². The van der Waals surface area contributed by atoms with Gasteiger partial charge in [0.05, 0.1) is 0 Å². The summed E-state index contributed by atoms with van der Waals surface area (Å²) in [4.78, 5) is 0. The van der Waals surface area contributed by atoms with Crippen LogP contribution in [0.1, 0.15) is 46.5 Å². The van der Waals surface area contributed by atoms with E-state index in [1.807, 2.05) is 6.55 Å². The van der Waals surface area contributed by atoms with Gasteiger partial charge in [-0.25, -0.2) is 0 Å². The molecular weight excluding hydrogens is 231 g/mol. The van der Waals surface area contributed by atoms with Crippen LogP contribution in [-0.2, 0) is 0 Å². The lowest BCUT2D eigenvalue weighted by Crippen LogP contribution is -2.13. The largest absolute Gasteiger partial charge is 0.248 e. The number of halogens is 2. The molecular formula is C11H24Cl2Si. The van der Waals surface area contributed by atoms with Crippen molar-refractivity contribution in [3.8, 4) is 0 Å². The van der Waals surface area contributed by atoms with Crippen LogP contribution in [0.5, 0.6) is 0 Å². The molecule has 0 heterocycles. The molecule has 0 aliphatic rings. The number of rotatable bonds is 7. The topological polar surface area (TPSA) is 0 Å². The van der Waals surface area contributed by atoms with Crippen molar-refractivity contribution >= 4 is 28.9 Å². The van der Waals surface area contributed by atoms with E-state index in [2.05, 4.69) is 20.8 Å². The van der Waals surface area contributed by atoms with Gasteiger partial charge in [0.1, 0.15) is 0 Å². The Labute approximate surface area is 99.8 Å². The maximum Gasteiger partial charge on any atom is 0.248 e. The van der Waals surface area contributed by atoms with Gasteiger partial charge in [0, 0.05) is 0 Å². The average molecular weight is 255 g/mol. The van der Waals surface area contributed by atoms with E-state index in [1.54, 1.807) is 0 Å². The standard InChI is InChI=1S/C11H24Cl2Si/c1-10(2)6-5-7-11(3)8-9-14(4,12)13/h10-11H,5-9H2,1-4H3/t11-/m0/s1. The molecule has 0 aromatic rings. The first-order valence-electron chi connectivity index (χ1n) is 5.69. The Bertz CT molecular complexity index is 141. The molecule has 0 fully saturated rings. The van der Waals surface area contributed by atoms with Gasteiger partial charge in [0.15, 0.2) is 0 Å². The maximum absolute atomic E-state index is 6.07. The second-order valence-corrected chi connectivity index (χ2v) is 13.3. The Morgan fingerprint density at radius 3 is 2.00 bits per heavy atom.